The fraction of sp³-hybridized carbons (Fsp3) is 0.0870. The van der Waals surface area contributed by atoms with Crippen LogP contribution < -0.4 is 4.73 Å². The number of pyridine rings is 1. The fourth-order valence-corrected chi connectivity index (χ4v) is 3.34. The molecule has 2 heterocycles. The molecular weight excluding hydrogens is 400 g/mol. The molecule has 0 aliphatic rings. The lowest BCUT2D eigenvalue weighted by molar-refractivity contribution is -0.605. The van der Waals surface area contributed by atoms with Crippen molar-refractivity contribution in [3.05, 3.63) is 107 Å². The van der Waals surface area contributed by atoms with Crippen molar-refractivity contribution in [3.63, 3.8) is 0 Å². The Bertz CT molecular complexity index is 1170. The highest BCUT2D eigenvalue weighted by Gasteiger charge is 2.19. The molecule has 0 bridgehead atoms. The maximum atomic E-state index is 12.8. The van der Waals surface area contributed by atoms with Crippen molar-refractivity contribution < 1.29 is 9.52 Å². The second kappa shape index (κ2) is 8.39. The molecule has 0 N–H and O–H groups in total. The van der Waals surface area contributed by atoms with E-state index in [2.05, 4.69) is 0 Å². The number of hydrogen-bond acceptors (Lipinski definition) is 3. The molecule has 2 aromatic heterocycles. The highest BCUT2D eigenvalue weighted by atomic mass is 35.5. The molecule has 0 saturated heterocycles. The van der Waals surface area contributed by atoms with Gasteiger partial charge in [0.2, 0.25) is 0 Å². The lowest BCUT2D eigenvalue weighted by Gasteiger charge is -2.16. The lowest BCUT2D eigenvalue weighted by atomic mass is 10.1. The van der Waals surface area contributed by atoms with Crippen LogP contribution in [0, 0.1) is 5.21 Å². The SMILES string of the molecule is CN(Cc1cn(-c2ccccc2)nc1-c1ccc(Cl)cc1)C(=O)c1ccc[n+]([O-])c1. The van der Waals surface area contributed by atoms with Crippen LogP contribution in [0.1, 0.15) is 15.9 Å². The zero-order valence-electron chi connectivity index (χ0n) is 16.3. The first-order chi connectivity index (χ1) is 14.5. The Labute approximate surface area is 179 Å². The van der Waals surface area contributed by atoms with Gasteiger partial charge in [-0.05, 0) is 30.3 Å². The molecule has 4 aromatic rings. The minimum absolute atomic E-state index is 0.241. The third-order valence-electron chi connectivity index (χ3n) is 4.70. The van der Waals surface area contributed by atoms with Crippen LogP contribution in [0.15, 0.2) is 85.3 Å². The first kappa shape index (κ1) is 19.7. The average molecular weight is 419 g/mol. The molecule has 0 saturated carbocycles. The molecule has 0 atom stereocenters. The zero-order valence-corrected chi connectivity index (χ0v) is 17.0. The summed E-state index contributed by atoms with van der Waals surface area (Å²) < 4.78 is 2.42. The Morgan fingerprint density at radius 2 is 1.83 bits per heavy atom. The molecule has 0 aliphatic carbocycles. The summed E-state index contributed by atoms with van der Waals surface area (Å²) >= 11 is 6.04. The van der Waals surface area contributed by atoms with Gasteiger partial charge in [0.05, 0.1) is 11.4 Å². The number of benzene rings is 2. The van der Waals surface area contributed by atoms with Gasteiger partial charge in [0.25, 0.3) is 5.91 Å². The maximum absolute atomic E-state index is 12.8. The summed E-state index contributed by atoms with van der Waals surface area (Å²) in [5.74, 6) is -0.241. The van der Waals surface area contributed by atoms with E-state index in [1.807, 2.05) is 60.8 Å². The minimum atomic E-state index is -0.241. The third-order valence-corrected chi connectivity index (χ3v) is 4.96. The van der Waals surface area contributed by atoms with Gasteiger partial charge in [-0.1, -0.05) is 41.9 Å². The van der Waals surface area contributed by atoms with Crippen molar-refractivity contribution in [1.29, 1.82) is 0 Å². The monoisotopic (exact) mass is 418 g/mol. The van der Waals surface area contributed by atoms with Gasteiger partial charge < -0.3 is 10.1 Å². The Hall–Kier alpha value is -3.64. The van der Waals surface area contributed by atoms with Crippen molar-refractivity contribution in [1.82, 2.24) is 14.7 Å². The van der Waals surface area contributed by atoms with Crippen LogP contribution in [-0.2, 0) is 6.54 Å². The third kappa shape index (κ3) is 4.18. The molecule has 0 spiro atoms. The first-order valence-corrected chi connectivity index (χ1v) is 9.73. The van der Waals surface area contributed by atoms with Crippen LogP contribution in [0.4, 0.5) is 0 Å². The van der Waals surface area contributed by atoms with E-state index < -0.39 is 0 Å². The molecule has 0 fully saturated rings. The van der Waals surface area contributed by atoms with Crippen LogP contribution in [0.2, 0.25) is 5.02 Å². The molecule has 2 aromatic carbocycles. The van der Waals surface area contributed by atoms with E-state index in [4.69, 9.17) is 16.7 Å². The maximum Gasteiger partial charge on any atom is 0.260 e. The second-order valence-corrected chi connectivity index (χ2v) is 7.34. The van der Waals surface area contributed by atoms with E-state index in [0.29, 0.717) is 21.9 Å². The number of hydrogen-bond donors (Lipinski definition) is 0. The number of aromatic nitrogens is 3. The summed E-state index contributed by atoms with van der Waals surface area (Å²) in [6.45, 7) is 0.331. The van der Waals surface area contributed by atoms with Crippen molar-refractivity contribution in [2.24, 2.45) is 0 Å². The van der Waals surface area contributed by atoms with Crippen molar-refractivity contribution in [3.8, 4) is 16.9 Å². The second-order valence-electron chi connectivity index (χ2n) is 6.90. The number of carbonyl (C=O) groups excluding carboxylic acids is 1. The molecule has 30 heavy (non-hydrogen) atoms. The zero-order chi connectivity index (χ0) is 21.1. The summed E-state index contributed by atoms with van der Waals surface area (Å²) in [5, 5.41) is 16.9. The first-order valence-electron chi connectivity index (χ1n) is 9.35. The quantitative estimate of drug-likeness (QED) is 0.362. The van der Waals surface area contributed by atoms with Gasteiger partial charge in [-0.15, -0.1) is 0 Å². The van der Waals surface area contributed by atoms with Crippen molar-refractivity contribution in [2.75, 3.05) is 7.05 Å². The van der Waals surface area contributed by atoms with E-state index in [1.165, 1.54) is 12.4 Å². The predicted molar refractivity (Wildman–Crippen MR) is 115 cm³/mol. The summed E-state index contributed by atoms with van der Waals surface area (Å²) in [6.07, 6.45) is 4.54. The Kier molecular flexibility index (Phi) is 5.50. The van der Waals surface area contributed by atoms with Crippen molar-refractivity contribution in [2.45, 2.75) is 6.54 Å². The molecule has 4 rings (SSSR count). The highest BCUT2D eigenvalue weighted by molar-refractivity contribution is 6.30. The van der Waals surface area contributed by atoms with Crippen LogP contribution in [-0.4, -0.2) is 27.6 Å². The fourth-order valence-electron chi connectivity index (χ4n) is 3.22. The van der Waals surface area contributed by atoms with E-state index in [-0.39, 0.29) is 5.91 Å². The van der Waals surface area contributed by atoms with Gasteiger partial charge in [-0.25, -0.2) is 4.68 Å². The van der Waals surface area contributed by atoms with Gasteiger partial charge in [0.15, 0.2) is 12.4 Å². The number of para-hydroxylation sites is 1. The predicted octanol–water partition coefficient (Wildman–Crippen LogP) is 4.10. The van der Waals surface area contributed by atoms with Crippen LogP contribution in [0.25, 0.3) is 16.9 Å². The Balaban J connectivity index is 1.69. The van der Waals surface area contributed by atoms with Crippen molar-refractivity contribution >= 4 is 17.5 Å². The normalized spacial score (nSPS) is 10.7. The average Bonchev–Trinajstić information content (AvgIpc) is 3.18. The molecule has 0 unspecified atom stereocenters. The summed E-state index contributed by atoms with van der Waals surface area (Å²) in [5.41, 5.74) is 3.80. The van der Waals surface area contributed by atoms with E-state index in [1.54, 1.807) is 28.8 Å². The summed E-state index contributed by atoms with van der Waals surface area (Å²) in [7, 11) is 1.70. The van der Waals surface area contributed by atoms with E-state index in [9.17, 15) is 10.0 Å². The molecule has 7 heteroatoms. The summed E-state index contributed by atoms with van der Waals surface area (Å²) in [6, 6.07) is 20.4. The van der Waals surface area contributed by atoms with E-state index in [0.717, 1.165) is 22.5 Å². The Morgan fingerprint density at radius 1 is 1.10 bits per heavy atom. The topological polar surface area (TPSA) is 65.1 Å². The Morgan fingerprint density at radius 3 is 2.53 bits per heavy atom. The molecular formula is C23H19ClN4O2. The highest BCUT2D eigenvalue weighted by Crippen LogP contribution is 2.26. The lowest BCUT2D eigenvalue weighted by Crippen LogP contribution is -2.31. The number of rotatable bonds is 5. The van der Waals surface area contributed by atoms with Gasteiger partial charge in [-0.2, -0.15) is 9.83 Å². The minimum Gasteiger partial charge on any atom is -0.619 e. The molecule has 6 nitrogen and oxygen atoms in total. The largest absolute Gasteiger partial charge is 0.619 e. The number of halogens is 1. The molecule has 0 aliphatic heterocycles. The van der Waals surface area contributed by atoms with Crippen LogP contribution in [0.3, 0.4) is 0 Å². The van der Waals surface area contributed by atoms with Crippen LogP contribution >= 0.6 is 11.6 Å². The summed E-state index contributed by atoms with van der Waals surface area (Å²) in [4.78, 5) is 14.4. The van der Waals surface area contributed by atoms with Crippen LogP contribution in [0.5, 0.6) is 0 Å². The number of nitrogens with zero attached hydrogens (tertiary/aromatic N) is 4. The number of carbonyl (C=O) groups is 1. The molecule has 150 valence electrons. The smallest absolute Gasteiger partial charge is 0.260 e. The van der Waals surface area contributed by atoms with Gasteiger partial charge in [-0.3, -0.25) is 4.79 Å². The van der Waals surface area contributed by atoms with Gasteiger partial charge in [0, 0.05) is 42.0 Å². The van der Waals surface area contributed by atoms with Gasteiger partial charge >= 0.3 is 0 Å². The number of amides is 1. The molecule has 1 amide bonds. The van der Waals surface area contributed by atoms with E-state index >= 15 is 0 Å². The van der Waals surface area contributed by atoms with Gasteiger partial charge in [0.1, 0.15) is 5.56 Å². The molecule has 0 radical (unpaired) electrons. The standard InChI is InChI=1S/C23H19ClN4O2/c1-26(23(29)18-6-5-13-27(30)15-18)14-19-16-28(21-7-3-2-4-8-21)25-22(19)17-9-11-20(24)12-10-17/h2-13,15-16H,14H2,1H3.